The Labute approximate surface area is 420 Å². The fraction of sp³-hybridized carbons (Fsp3) is 0.412. The number of halogens is 6. The van der Waals surface area contributed by atoms with Crippen molar-refractivity contribution in [3.8, 4) is 46.7 Å². The summed E-state index contributed by atoms with van der Waals surface area (Å²) >= 11 is 0. The van der Waals surface area contributed by atoms with Crippen LogP contribution < -0.4 is 29.6 Å². The van der Waals surface area contributed by atoms with Crippen LogP contribution in [-0.4, -0.2) is 118 Å². The zero-order chi connectivity index (χ0) is 52.4. The van der Waals surface area contributed by atoms with E-state index in [1.807, 2.05) is 66.7 Å². The molecule has 0 aromatic heterocycles. The monoisotopic (exact) mass is 1050 g/mol. The van der Waals surface area contributed by atoms with Crippen LogP contribution in [0.25, 0.3) is 0 Å². The van der Waals surface area contributed by atoms with Crippen molar-refractivity contribution in [3.63, 3.8) is 0 Å². The summed E-state index contributed by atoms with van der Waals surface area (Å²) in [5, 5.41) is 4.98. The molecular formula is C51H61F6N2O13P. The summed E-state index contributed by atoms with van der Waals surface area (Å²) < 4.78 is 121. The minimum Gasteiger partial charge on any atom is -0.487 e. The first-order valence-corrected chi connectivity index (χ1v) is 25.3. The Hall–Kier alpha value is -6.29. The van der Waals surface area contributed by atoms with Crippen LogP contribution in [0.1, 0.15) is 40.7 Å². The fourth-order valence-electron chi connectivity index (χ4n) is 5.98. The third-order valence-corrected chi connectivity index (χ3v) is 9.40. The van der Waals surface area contributed by atoms with Crippen molar-refractivity contribution in [2.45, 2.75) is 32.4 Å². The molecule has 0 fully saturated rings. The Bertz CT molecular complexity index is 2340. The van der Waals surface area contributed by atoms with Gasteiger partial charge in [-0.1, -0.05) is 30.3 Å². The van der Waals surface area contributed by atoms with Gasteiger partial charge in [-0.2, -0.15) is 0 Å². The maximum Gasteiger partial charge on any atom is 0.411 e. The molecule has 0 radical (unpaired) electrons. The second-order valence-electron chi connectivity index (χ2n) is 15.4. The van der Waals surface area contributed by atoms with E-state index in [9.17, 15) is 34.8 Å². The van der Waals surface area contributed by atoms with Gasteiger partial charge in [-0.15, -0.1) is 0 Å². The molecule has 22 heteroatoms. The fourth-order valence-corrected chi connectivity index (χ4v) is 5.98. The van der Waals surface area contributed by atoms with Crippen molar-refractivity contribution >= 4 is 25.6 Å². The standard InChI is InChI=1S/C51H60N2O13.F6P/c54-50(44-17-22-48-49(39-44)64-38-36-60-34-32-58-30-28-56-27-29-57-31-33-59-35-37-63-48)66-41-43-15-20-47(21-16-43)62-25-9-2-1-8-24-61-46-18-13-42(14-19-46)40-52-23-7-4-10-26-65-51(55)53-45-11-5-3-6-12-45;1-7(2,3,4,5)6/h3,5-6,11-22,39,52H,4,7,10,23-38,40-41H2,(H,53,55);/q;-1/p+1. The van der Waals surface area contributed by atoms with Gasteiger partial charge in [0.2, 0.25) is 0 Å². The molecule has 1 amide bonds. The normalized spacial score (nSPS) is 14.9. The van der Waals surface area contributed by atoms with Crippen LogP contribution in [0, 0.1) is 23.7 Å². The number of quaternary nitrogens is 1. The van der Waals surface area contributed by atoms with Crippen LogP contribution in [0.2, 0.25) is 0 Å². The van der Waals surface area contributed by atoms with E-state index < -0.39 is 19.9 Å². The van der Waals surface area contributed by atoms with Gasteiger partial charge in [0.25, 0.3) is 0 Å². The van der Waals surface area contributed by atoms with Gasteiger partial charge < -0.3 is 57.4 Å². The van der Waals surface area contributed by atoms with E-state index in [0.717, 1.165) is 49.4 Å². The van der Waals surface area contributed by atoms with Crippen LogP contribution in [0.4, 0.5) is 35.7 Å². The van der Waals surface area contributed by atoms with E-state index in [4.69, 9.17) is 52.1 Å². The van der Waals surface area contributed by atoms with Crippen molar-refractivity contribution in [2.24, 2.45) is 0 Å². The molecule has 1 aliphatic rings. The second kappa shape index (κ2) is 32.0. The molecule has 4 aromatic carbocycles. The predicted octanol–water partition coefficient (Wildman–Crippen LogP) is 9.23. The van der Waals surface area contributed by atoms with Gasteiger partial charge in [0.1, 0.15) is 51.1 Å². The summed E-state index contributed by atoms with van der Waals surface area (Å²) in [7, 11) is -10.7. The number of fused-ring (bicyclic) bond motifs is 1. The zero-order valence-corrected chi connectivity index (χ0v) is 41.1. The molecule has 0 atom stereocenters. The van der Waals surface area contributed by atoms with Gasteiger partial charge >= 0.3 is 45.1 Å². The number of para-hydroxylation sites is 1. The molecule has 400 valence electrons. The Morgan fingerprint density at radius 3 is 1.59 bits per heavy atom. The number of hydrogen-bond donors (Lipinski definition) is 2. The molecule has 0 spiro atoms. The van der Waals surface area contributed by atoms with Crippen molar-refractivity contribution in [3.05, 3.63) is 114 Å². The molecule has 1 heterocycles. The molecule has 5 rings (SSSR count). The molecule has 0 aliphatic carbocycles. The predicted molar refractivity (Wildman–Crippen MR) is 259 cm³/mol. The van der Waals surface area contributed by atoms with Crippen molar-refractivity contribution in [1.82, 2.24) is 0 Å². The summed E-state index contributed by atoms with van der Waals surface area (Å²) in [6, 6.07) is 29.4. The molecule has 0 saturated heterocycles. The SMILES string of the molecule is F[P-](F)(F)(F)(F)F.O=C(Nc1ccccc1)OCCCCC[NH2+]Cc1ccc(OCC#CC#CCOc2ccc(COC(=O)c3ccc4c(c3)OCCOCCOCCOCCOCCOCCO4)cc2)cc1. The van der Waals surface area contributed by atoms with E-state index in [1.165, 1.54) is 5.56 Å². The number of benzene rings is 4. The molecule has 0 saturated carbocycles. The topological polar surface area (TPSA) is 164 Å². The van der Waals surface area contributed by atoms with Crippen molar-refractivity contribution in [2.75, 3.05) is 111 Å². The summed E-state index contributed by atoms with van der Waals surface area (Å²) in [6.45, 7) is 7.57. The Morgan fingerprint density at radius 1 is 0.562 bits per heavy atom. The van der Waals surface area contributed by atoms with Crippen LogP contribution in [0.15, 0.2) is 97.1 Å². The average Bonchev–Trinajstić information content (AvgIpc) is 3.35. The molecule has 1 aliphatic heterocycles. The van der Waals surface area contributed by atoms with Crippen molar-refractivity contribution < 1.29 is 92.2 Å². The van der Waals surface area contributed by atoms with Crippen LogP contribution in [-0.2, 0) is 46.3 Å². The minimum atomic E-state index is -10.7. The third kappa shape index (κ3) is 31.7. The Balaban J connectivity index is 0.00000153. The van der Waals surface area contributed by atoms with E-state index in [-0.39, 0.29) is 33.0 Å². The van der Waals surface area contributed by atoms with Gasteiger partial charge in [-0.25, -0.2) is 9.59 Å². The van der Waals surface area contributed by atoms with Gasteiger partial charge in [-0.3, -0.25) is 5.32 Å². The zero-order valence-electron chi connectivity index (χ0n) is 40.2. The van der Waals surface area contributed by atoms with E-state index in [1.54, 1.807) is 30.3 Å². The molecule has 0 unspecified atom stereocenters. The average molecular weight is 1060 g/mol. The first-order chi connectivity index (χ1) is 35.1. The van der Waals surface area contributed by atoms with Gasteiger partial charge in [0.05, 0.1) is 84.8 Å². The molecule has 4 aromatic rings. The molecular weight excluding hydrogens is 994 g/mol. The number of carbonyl (C=O) groups is 2. The van der Waals surface area contributed by atoms with Crippen LogP contribution in [0.5, 0.6) is 23.0 Å². The summed E-state index contributed by atoms with van der Waals surface area (Å²) in [6.07, 6.45) is 2.44. The number of hydrogen-bond acceptors (Lipinski definition) is 13. The van der Waals surface area contributed by atoms with E-state index in [0.29, 0.717) is 95.5 Å². The van der Waals surface area contributed by atoms with Gasteiger partial charge in [0, 0.05) is 11.3 Å². The Morgan fingerprint density at radius 2 is 1.05 bits per heavy atom. The quantitative estimate of drug-likeness (QED) is 0.0359. The number of unbranched alkanes of at least 4 members (excludes halogenated alkanes) is 2. The van der Waals surface area contributed by atoms with Crippen molar-refractivity contribution in [1.29, 1.82) is 0 Å². The van der Waals surface area contributed by atoms with Gasteiger partial charge in [0.15, 0.2) is 11.5 Å². The number of nitrogens with two attached hydrogens (primary N) is 1. The molecule has 73 heavy (non-hydrogen) atoms. The second-order valence-corrected chi connectivity index (χ2v) is 17.3. The molecule has 3 N–H and O–H groups in total. The van der Waals surface area contributed by atoms with E-state index >= 15 is 0 Å². The number of amides is 1. The first-order valence-electron chi connectivity index (χ1n) is 23.3. The maximum absolute atomic E-state index is 13.0. The number of esters is 1. The largest absolute Gasteiger partial charge is 0.487 e. The number of carbonyl (C=O) groups excluding carboxylic acids is 2. The third-order valence-electron chi connectivity index (χ3n) is 9.40. The van der Waals surface area contributed by atoms with Gasteiger partial charge in [-0.05, 0) is 115 Å². The smallest absolute Gasteiger partial charge is 0.411 e. The number of rotatable bonds is 16. The summed E-state index contributed by atoms with van der Waals surface area (Å²) in [5.74, 6) is 13.1. The number of nitrogens with one attached hydrogen (secondary N) is 1. The first kappa shape index (κ1) is 59.3. The minimum absolute atomic E-state index is 0.0648. The Kier molecular flexibility index (Phi) is 26.0. The van der Waals surface area contributed by atoms with Crippen LogP contribution in [0.3, 0.4) is 0 Å². The van der Waals surface area contributed by atoms with E-state index in [2.05, 4.69) is 34.3 Å². The number of ether oxygens (including phenoxy) is 11. The molecule has 0 bridgehead atoms. The maximum atomic E-state index is 13.0. The van der Waals surface area contributed by atoms with Crippen LogP contribution >= 0.6 is 7.81 Å². The molecule has 15 nitrogen and oxygen atoms in total. The summed E-state index contributed by atoms with van der Waals surface area (Å²) in [4.78, 5) is 24.9. The summed E-state index contributed by atoms with van der Waals surface area (Å²) in [5.41, 5.74) is 3.03. The number of anilines is 1.